The number of benzene rings is 2. The van der Waals surface area contributed by atoms with Crippen molar-refractivity contribution in [1.29, 1.82) is 0 Å². The van der Waals surface area contributed by atoms with Gasteiger partial charge in [-0.05, 0) is 31.9 Å². The van der Waals surface area contributed by atoms with Gasteiger partial charge in [0.25, 0.3) is 5.91 Å². The molecular weight excluding hydrogens is 368 g/mol. The van der Waals surface area contributed by atoms with Crippen molar-refractivity contribution < 1.29 is 14.2 Å². The van der Waals surface area contributed by atoms with Crippen LogP contribution in [0, 0.1) is 6.92 Å². The molecule has 1 aliphatic rings. The Balaban J connectivity index is 1.43. The normalized spacial score (nSPS) is 19.3. The smallest absolute Gasteiger partial charge is 0.267 e. The van der Waals surface area contributed by atoms with E-state index in [1.807, 2.05) is 61.5 Å². The van der Waals surface area contributed by atoms with Gasteiger partial charge in [0.15, 0.2) is 0 Å². The van der Waals surface area contributed by atoms with Gasteiger partial charge in [-0.2, -0.15) is 4.98 Å². The first-order chi connectivity index (χ1) is 14.0. The van der Waals surface area contributed by atoms with Crippen molar-refractivity contribution in [3.8, 4) is 11.4 Å². The first kappa shape index (κ1) is 18.9. The second-order valence-electron chi connectivity index (χ2n) is 7.37. The highest BCUT2D eigenvalue weighted by molar-refractivity contribution is 6.05. The topological polar surface area (TPSA) is 89.6 Å². The van der Waals surface area contributed by atoms with E-state index in [2.05, 4.69) is 20.6 Å². The Bertz CT molecular complexity index is 1060. The van der Waals surface area contributed by atoms with Crippen molar-refractivity contribution in [2.45, 2.75) is 38.8 Å². The van der Waals surface area contributed by atoms with E-state index < -0.39 is 11.6 Å². The van der Waals surface area contributed by atoms with Crippen LogP contribution in [0.2, 0.25) is 0 Å². The van der Waals surface area contributed by atoms with Gasteiger partial charge in [-0.3, -0.25) is 4.79 Å². The van der Waals surface area contributed by atoms with E-state index in [1.54, 1.807) is 13.8 Å². The third-order valence-corrected chi connectivity index (χ3v) is 5.00. The third kappa shape index (κ3) is 3.76. The molecule has 0 spiro atoms. The van der Waals surface area contributed by atoms with Crippen molar-refractivity contribution >= 4 is 11.6 Å². The van der Waals surface area contributed by atoms with E-state index in [0.29, 0.717) is 18.1 Å². The average molecular weight is 390 g/mol. The molecule has 2 atom stereocenters. The number of hydrogen-bond donors (Lipinski definition) is 1. The summed E-state index contributed by atoms with van der Waals surface area (Å²) in [6, 6.07) is 17.0. The number of aromatic nitrogens is 2. The summed E-state index contributed by atoms with van der Waals surface area (Å²) in [5.74, 6) is 0.551. The fourth-order valence-corrected chi connectivity index (χ4v) is 3.20. The predicted molar refractivity (Wildman–Crippen MR) is 108 cm³/mol. The predicted octanol–water partition coefficient (Wildman–Crippen LogP) is 3.81. The van der Waals surface area contributed by atoms with Gasteiger partial charge in [0.1, 0.15) is 6.04 Å². The van der Waals surface area contributed by atoms with E-state index in [0.717, 1.165) is 22.4 Å². The number of oxime groups is 1. The number of carbonyl (C=O) groups is 1. The largest absolute Gasteiger partial charge is 0.379 e. The van der Waals surface area contributed by atoms with Crippen LogP contribution < -0.4 is 5.32 Å². The molecule has 0 bridgehead atoms. The summed E-state index contributed by atoms with van der Waals surface area (Å²) in [6.07, 6.45) is 0.383. The van der Waals surface area contributed by atoms with Gasteiger partial charge >= 0.3 is 0 Å². The summed E-state index contributed by atoms with van der Waals surface area (Å²) >= 11 is 0. The monoisotopic (exact) mass is 390 g/mol. The number of aryl methyl sites for hydroxylation is 1. The second-order valence-corrected chi connectivity index (χ2v) is 7.37. The maximum absolute atomic E-state index is 12.9. The van der Waals surface area contributed by atoms with Crippen molar-refractivity contribution in [1.82, 2.24) is 15.5 Å². The maximum Gasteiger partial charge on any atom is 0.267 e. The first-order valence-corrected chi connectivity index (χ1v) is 9.47. The molecule has 1 aromatic heterocycles. The molecule has 0 aliphatic carbocycles. The Kier molecular flexibility index (Phi) is 4.88. The molecule has 0 saturated heterocycles. The van der Waals surface area contributed by atoms with E-state index in [1.165, 1.54) is 0 Å². The van der Waals surface area contributed by atoms with Crippen LogP contribution in [0.25, 0.3) is 11.4 Å². The number of hydrogen-bond acceptors (Lipinski definition) is 6. The Morgan fingerprint density at radius 1 is 1.14 bits per heavy atom. The highest BCUT2D eigenvalue weighted by atomic mass is 16.7. The molecule has 0 fully saturated rings. The molecular formula is C22H22N4O3. The van der Waals surface area contributed by atoms with Gasteiger partial charge in [-0.25, -0.2) is 0 Å². The molecule has 0 saturated carbocycles. The van der Waals surface area contributed by atoms with E-state index in [-0.39, 0.29) is 5.91 Å². The molecule has 2 aromatic carbocycles. The zero-order chi connectivity index (χ0) is 20.4. The van der Waals surface area contributed by atoms with E-state index in [9.17, 15) is 4.79 Å². The summed E-state index contributed by atoms with van der Waals surface area (Å²) in [7, 11) is 0. The number of rotatable bonds is 5. The number of nitrogens with one attached hydrogen (secondary N) is 1. The lowest BCUT2D eigenvalue weighted by Gasteiger charge is -2.22. The zero-order valence-corrected chi connectivity index (χ0v) is 16.5. The fraction of sp³-hybridized carbons (Fsp3) is 0.273. The Labute approximate surface area is 168 Å². The SMILES string of the molecule is Cc1ccccc1-c1noc([C@@H](C)NC(=O)[C@]2(C)CC(c3ccccc3)=NO2)n1. The van der Waals surface area contributed by atoms with Gasteiger partial charge in [0.2, 0.25) is 17.3 Å². The van der Waals surface area contributed by atoms with Crippen LogP contribution in [0.1, 0.15) is 43.3 Å². The lowest BCUT2D eigenvalue weighted by atomic mass is 9.95. The van der Waals surface area contributed by atoms with Crippen LogP contribution in [0.5, 0.6) is 0 Å². The van der Waals surface area contributed by atoms with Gasteiger partial charge in [0, 0.05) is 12.0 Å². The minimum Gasteiger partial charge on any atom is -0.379 e. The molecule has 148 valence electrons. The third-order valence-electron chi connectivity index (χ3n) is 5.00. The summed E-state index contributed by atoms with van der Waals surface area (Å²) in [4.78, 5) is 22.8. The molecule has 29 heavy (non-hydrogen) atoms. The van der Waals surface area contributed by atoms with Crippen LogP contribution in [0.3, 0.4) is 0 Å². The molecule has 1 aliphatic heterocycles. The van der Waals surface area contributed by atoms with Crippen molar-refractivity contribution in [3.05, 3.63) is 71.6 Å². The van der Waals surface area contributed by atoms with Crippen LogP contribution >= 0.6 is 0 Å². The number of nitrogens with zero attached hydrogens (tertiary/aromatic N) is 3. The average Bonchev–Trinajstić information content (AvgIpc) is 3.37. The lowest BCUT2D eigenvalue weighted by molar-refractivity contribution is -0.142. The quantitative estimate of drug-likeness (QED) is 0.716. The van der Waals surface area contributed by atoms with E-state index >= 15 is 0 Å². The van der Waals surface area contributed by atoms with Crippen molar-refractivity contribution in [2.24, 2.45) is 5.16 Å². The fourth-order valence-electron chi connectivity index (χ4n) is 3.20. The molecule has 3 aromatic rings. The van der Waals surface area contributed by atoms with Crippen molar-refractivity contribution in [3.63, 3.8) is 0 Å². The molecule has 0 radical (unpaired) electrons. The minimum absolute atomic E-state index is 0.282. The molecule has 1 amide bonds. The summed E-state index contributed by atoms with van der Waals surface area (Å²) in [6.45, 7) is 5.50. The highest BCUT2D eigenvalue weighted by Crippen LogP contribution is 2.28. The van der Waals surface area contributed by atoms with Gasteiger partial charge in [0.05, 0.1) is 5.71 Å². The number of carbonyl (C=O) groups excluding carboxylic acids is 1. The van der Waals surface area contributed by atoms with E-state index in [4.69, 9.17) is 9.36 Å². The summed E-state index contributed by atoms with van der Waals surface area (Å²) in [5, 5.41) is 11.1. The summed E-state index contributed by atoms with van der Waals surface area (Å²) in [5.41, 5.74) is 2.55. The van der Waals surface area contributed by atoms with Gasteiger partial charge in [-0.1, -0.05) is 64.9 Å². The Morgan fingerprint density at radius 2 is 1.86 bits per heavy atom. The number of amides is 1. The standard InChI is InChI=1S/C22H22N4O3/c1-14-9-7-8-12-17(14)19-24-20(28-26-19)15(2)23-21(27)22(3)13-18(25-29-22)16-10-5-4-6-11-16/h4-12,15H,13H2,1-3H3,(H,23,27)/t15-,22+/m1/s1. The van der Waals surface area contributed by atoms with Gasteiger partial charge in [-0.15, -0.1) is 0 Å². The van der Waals surface area contributed by atoms with Crippen molar-refractivity contribution in [2.75, 3.05) is 0 Å². The molecule has 7 nitrogen and oxygen atoms in total. The summed E-state index contributed by atoms with van der Waals surface area (Å²) < 4.78 is 5.38. The Hall–Kier alpha value is -3.48. The molecule has 0 unspecified atom stereocenters. The van der Waals surface area contributed by atoms with Crippen LogP contribution in [-0.2, 0) is 9.63 Å². The molecule has 1 N–H and O–H groups in total. The lowest BCUT2D eigenvalue weighted by Crippen LogP contribution is -2.45. The maximum atomic E-state index is 12.9. The molecule has 2 heterocycles. The van der Waals surface area contributed by atoms with Crippen LogP contribution in [0.15, 0.2) is 64.3 Å². The molecule has 7 heteroatoms. The molecule has 4 rings (SSSR count). The highest BCUT2D eigenvalue weighted by Gasteiger charge is 2.43. The van der Waals surface area contributed by atoms with Crippen LogP contribution in [-0.4, -0.2) is 27.4 Å². The minimum atomic E-state index is -1.09. The Morgan fingerprint density at radius 3 is 2.62 bits per heavy atom. The zero-order valence-electron chi connectivity index (χ0n) is 16.5. The van der Waals surface area contributed by atoms with Crippen LogP contribution in [0.4, 0.5) is 0 Å². The second kappa shape index (κ2) is 7.50. The van der Waals surface area contributed by atoms with Gasteiger partial charge < -0.3 is 14.7 Å². The first-order valence-electron chi connectivity index (χ1n) is 9.47.